The number of guanidine groups is 1. The van der Waals surface area contributed by atoms with Gasteiger partial charge in [-0.1, -0.05) is 41.9 Å². The van der Waals surface area contributed by atoms with Crippen LogP contribution in [0, 0.1) is 0 Å². The lowest BCUT2D eigenvalue weighted by Gasteiger charge is -2.09. The number of carbonyl (C=O) groups is 1. The third-order valence-corrected chi connectivity index (χ3v) is 5.05. The Morgan fingerprint density at radius 2 is 1.77 bits per heavy atom. The van der Waals surface area contributed by atoms with Crippen molar-refractivity contribution in [3.05, 3.63) is 64.7 Å². The van der Waals surface area contributed by atoms with Crippen molar-refractivity contribution in [1.82, 2.24) is 4.72 Å². The van der Waals surface area contributed by atoms with E-state index in [1.165, 1.54) is 12.1 Å². The summed E-state index contributed by atoms with van der Waals surface area (Å²) in [5, 5.41) is 0.0539. The van der Waals surface area contributed by atoms with Gasteiger partial charge in [-0.25, -0.2) is 13.1 Å². The predicted octanol–water partition coefficient (Wildman–Crippen LogP) is 1.70. The molecular formula is C16H18Cl2N4O3S. The van der Waals surface area contributed by atoms with E-state index in [9.17, 15) is 13.2 Å². The number of aliphatic imine (C=N–C) groups is 1. The number of halogens is 2. The molecule has 0 aromatic heterocycles. The largest absolute Gasteiger partial charge is 0.370 e. The zero-order valence-corrected chi connectivity index (χ0v) is 15.9. The van der Waals surface area contributed by atoms with Crippen molar-refractivity contribution in [2.75, 3.05) is 6.54 Å². The predicted molar refractivity (Wildman–Crippen MR) is 104 cm³/mol. The van der Waals surface area contributed by atoms with Crippen LogP contribution < -0.4 is 16.2 Å². The molecule has 5 N–H and O–H groups in total. The Labute approximate surface area is 162 Å². The van der Waals surface area contributed by atoms with Crippen molar-refractivity contribution in [1.29, 1.82) is 0 Å². The summed E-state index contributed by atoms with van der Waals surface area (Å²) in [4.78, 5) is 15.2. The highest BCUT2D eigenvalue weighted by molar-refractivity contribution is 7.89. The van der Waals surface area contributed by atoms with Crippen LogP contribution in [0.2, 0.25) is 5.02 Å². The summed E-state index contributed by atoms with van der Waals surface area (Å²) in [6.45, 7) is 0.214. The molecule has 2 aromatic rings. The van der Waals surface area contributed by atoms with Crippen LogP contribution >= 0.6 is 24.0 Å². The topological polar surface area (TPSA) is 128 Å². The minimum Gasteiger partial charge on any atom is -0.370 e. The Hall–Kier alpha value is -2.13. The molecule has 0 bridgehead atoms. The van der Waals surface area contributed by atoms with Crippen molar-refractivity contribution in [2.45, 2.75) is 11.3 Å². The van der Waals surface area contributed by atoms with Crippen LogP contribution in [0.3, 0.4) is 0 Å². The number of hydrogen-bond donors (Lipinski definition) is 3. The Morgan fingerprint density at radius 3 is 2.38 bits per heavy atom. The third kappa shape index (κ3) is 5.99. The normalized spacial score (nSPS) is 10.7. The molecule has 10 heteroatoms. The molecular weight excluding hydrogens is 399 g/mol. The van der Waals surface area contributed by atoms with Crippen LogP contribution in [0.5, 0.6) is 0 Å². The van der Waals surface area contributed by atoms with Gasteiger partial charge in [0.1, 0.15) is 0 Å². The number of hydrogen-bond acceptors (Lipinski definition) is 3. The smallest absolute Gasteiger partial charge is 0.281 e. The molecule has 0 fully saturated rings. The average Bonchev–Trinajstić information content (AvgIpc) is 2.55. The number of sulfonamides is 1. The second kappa shape index (κ2) is 9.54. The first kappa shape index (κ1) is 21.9. The van der Waals surface area contributed by atoms with E-state index in [2.05, 4.69) is 9.71 Å². The number of nitrogens with zero attached hydrogens (tertiary/aromatic N) is 1. The fourth-order valence-corrected chi connectivity index (χ4v) is 3.33. The lowest BCUT2D eigenvalue weighted by atomic mass is 10.2. The van der Waals surface area contributed by atoms with Crippen LogP contribution in [0.25, 0.3) is 0 Å². The first-order chi connectivity index (χ1) is 11.8. The van der Waals surface area contributed by atoms with Gasteiger partial charge in [0.05, 0.1) is 15.5 Å². The molecule has 2 aromatic carbocycles. The van der Waals surface area contributed by atoms with Crippen LogP contribution in [-0.4, -0.2) is 26.8 Å². The van der Waals surface area contributed by atoms with Gasteiger partial charge in [-0.3, -0.25) is 4.79 Å². The molecule has 0 aliphatic carbocycles. The quantitative estimate of drug-likeness (QED) is 0.487. The number of benzene rings is 2. The Balaban J connectivity index is 0.00000338. The number of carbonyl (C=O) groups excluding carboxylic acids is 1. The van der Waals surface area contributed by atoms with Crippen molar-refractivity contribution in [2.24, 2.45) is 16.5 Å². The molecule has 0 unspecified atom stereocenters. The van der Waals surface area contributed by atoms with E-state index in [-0.39, 0.29) is 34.4 Å². The van der Waals surface area contributed by atoms with Crippen LogP contribution in [-0.2, 0) is 16.4 Å². The third-order valence-electron chi connectivity index (χ3n) is 3.26. The van der Waals surface area contributed by atoms with E-state index in [0.717, 1.165) is 11.6 Å². The molecule has 0 aliphatic rings. The minimum absolute atomic E-state index is 0. The monoisotopic (exact) mass is 416 g/mol. The summed E-state index contributed by atoms with van der Waals surface area (Å²) in [7, 11) is -3.80. The number of amides is 1. The zero-order valence-electron chi connectivity index (χ0n) is 13.6. The van der Waals surface area contributed by atoms with E-state index in [1.807, 2.05) is 30.3 Å². The summed E-state index contributed by atoms with van der Waals surface area (Å²) >= 11 is 5.92. The molecule has 0 spiro atoms. The van der Waals surface area contributed by atoms with Gasteiger partial charge in [0, 0.05) is 6.54 Å². The first-order valence-corrected chi connectivity index (χ1v) is 9.13. The zero-order chi connectivity index (χ0) is 18.4. The highest BCUT2D eigenvalue weighted by Crippen LogP contribution is 2.21. The van der Waals surface area contributed by atoms with Gasteiger partial charge in [0.2, 0.25) is 10.0 Å². The van der Waals surface area contributed by atoms with Crippen LogP contribution in [0.1, 0.15) is 15.9 Å². The lowest BCUT2D eigenvalue weighted by molar-refractivity contribution is 0.100. The van der Waals surface area contributed by atoms with Gasteiger partial charge in [0.15, 0.2) is 5.96 Å². The maximum Gasteiger partial charge on any atom is 0.281 e. The molecule has 0 saturated heterocycles. The van der Waals surface area contributed by atoms with Crippen LogP contribution in [0.4, 0.5) is 0 Å². The van der Waals surface area contributed by atoms with Crippen molar-refractivity contribution < 1.29 is 13.2 Å². The Kier molecular flexibility index (Phi) is 8.04. The molecule has 7 nitrogen and oxygen atoms in total. The summed E-state index contributed by atoms with van der Waals surface area (Å²) in [5.74, 6) is -1.25. The molecule has 0 aliphatic heterocycles. The van der Waals surface area contributed by atoms with Crippen molar-refractivity contribution in [3.8, 4) is 0 Å². The standard InChI is InChI=1S/C16H17ClN4O3S.ClH/c17-14-7-6-12(10-13(14)15(22)21-16(18)19)25(23,24)20-9-8-11-4-2-1-3-5-11;/h1-7,10,20H,8-9H2,(H4,18,19,21,22);1H. The van der Waals surface area contributed by atoms with Gasteiger partial charge < -0.3 is 11.5 Å². The summed E-state index contributed by atoms with van der Waals surface area (Å²) < 4.78 is 27.2. The van der Waals surface area contributed by atoms with E-state index in [4.69, 9.17) is 23.1 Å². The highest BCUT2D eigenvalue weighted by atomic mass is 35.5. The molecule has 26 heavy (non-hydrogen) atoms. The van der Waals surface area contributed by atoms with Gasteiger partial charge >= 0.3 is 0 Å². The van der Waals surface area contributed by atoms with E-state index >= 15 is 0 Å². The minimum atomic E-state index is -3.80. The maximum absolute atomic E-state index is 12.4. The molecule has 2 rings (SSSR count). The van der Waals surface area contributed by atoms with Crippen molar-refractivity contribution >= 4 is 45.9 Å². The second-order valence-corrected chi connectivity index (χ2v) is 7.29. The fourth-order valence-electron chi connectivity index (χ4n) is 2.07. The van der Waals surface area contributed by atoms with E-state index in [1.54, 1.807) is 0 Å². The average molecular weight is 417 g/mol. The fraction of sp³-hybridized carbons (Fsp3) is 0.125. The second-order valence-electron chi connectivity index (χ2n) is 5.12. The Morgan fingerprint density at radius 1 is 1.12 bits per heavy atom. The van der Waals surface area contributed by atoms with Crippen LogP contribution in [0.15, 0.2) is 58.4 Å². The van der Waals surface area contributed by atoms with E-state index in [0.29, 0.717) is 6.42 Å². The highest BCUT2D eigenvalue weighted by Gasteiger charge is 2.18. The number of nitrogens with two attached hydrogens (primary N) is 2. The summed E-state index contributed by atoms with van der Waals surface area (Å²) in [6, 6.07) is 13.2. The maximum atomic E-state index is 12.4. The number of nitrogens with one attached hydrogen (secondary N) is 1. The number of rotatable bonds is 6. The van der Waals surface area contributed by atoms with Gasteiger partial charge in [-0.15, -0.1) is 12.4 Å². The lowest BCUT2D eigenvalue weighted by Crippen LogP contribution is -2.26. The molecule has 140 valence electrons. The van der Waals surface area contributed by atoms with Gasteiger partial charge in [0.25, 0.3) is 5.91 Å². The Bertz CT molecular complexity index is 899. The molecule has 0 radical (unpaired) electrons. The SMILES string of the molecule is Cl.NC(N)=NC(=O)c1cc(S(=O)(=O)NCCc2ccccc2)ccc1Cl. The first-order valence-electron chi connectivity index (χ1n) is 7.27. The van der Waals surface area contributed by atoms with Gasteiger partial charge in [-0.05, 0) is 30.2 Å². The summed E-state index contributed by atoms with van der Waals surface area (Å²) in [5.41, 5.74) is 11.2. The van der Waals surface area contributed by atoms with Crippen molar-refractivity contribution in [3.63, 3.8) is 0 Å². The molecule has 0 atom stereocenters. The molecule has 0 saturated carbocycles. The summed E-state index contributed by atoms with van der Waals surface area (Å²) in [6.07, 6.45) is 0.535. The molecule has 0 heterocycles. The van der Waals surface area contributed by atoms with E-state index < -0.39 is 21.9 Å². The van der Waals surface area contributed by atoms with Gasteiger partial charge in [-0.2, -0.15) is 4.99 Å². The molecule has 1 amide bonds.